The van der Waals surface area contributed by atoms with Gasteiger partial charge in [-0.3, -0.25) is 9.59 Å². The van der Waals surface area contributed by atoms with Gasteiger partial charge in [0.2, 0.25) is 0 Å². The van der Waals surface area contributed by atoms with Crippen molar-refractivity contribution >= 4 is 11.7 Å². The first kappa shape index (κ1) is 25.1. The molecule has 1 N–H and O–H groups in total. The van der Waals surface area contributed by atoms with Gasteiger partial charge in [0.15, 0.2) is 17.4 Å². The minimum atomic E-state index is -0.954. The first-order valence-corrected chi connectivity index (χ1v) is 11.7. The zero-order valence-electron chi connectivity index (χ0n) is 20.5. The van der Waals surface area contributed by atoms with E-state index in [0.717, 1.165) is 37.1 Å². The van der Waals surface area contributed by atoms with Gasteiger partial charge in [0.1, 0.15) is 11.5 Å². The molecule has 1 aromatic carbocycles. The van der Waals surface area contributed by atoms with Crippen LogP contribution in [0.1, 0.15) is 83.4 Å². The van der Waals surface area contributed by atoms with E-state index in [2.05, 4.69) is 10.3 Å². The van der Waals surface area contributed by atoms with Crippen LogP contribution in [0.25, 0.3) is 11.4 Å². The predicted octanol–water partition coefficient (Wildman–Crippen LogP) is 5.70. The summed E-state index contributed by atoms with van der Waals surface area (Å²) >= 11 is 0. The smallest absolute Gasteiger partial charge is 0.272 e. The lowest BCUT2D eigenvalue weighted by molar-refractivity contribution is -0.125. The number of hydrogen-bond acceptors (Lipinski definition) is 3. The molecule has 0 spiro atoms. The molecule has 0 unspecified atom stereocenters. The first-order valence-electron chi connectivity index (χ1n) is 11.7. The zero-order chi connectivity index (χ0) is 24.6. The minimum Gasteiger partial charge on any atom is -0.340 e. The standard InChI is InChI=1S/C26H35F2N3O2/c1-25(2,3)15-20(32)22(26(4,5)6)30-24(33)21-19-10-8-7-9-13-31(19)23(29-21)16-11-12-17(27)18(28)14-16/h11-12,14,22H,7-10,13,15H2,1-6H3,(H,30,33)/t22-/m1/s1. The van der Waals surface area contributed by atoms with Crippen LogP contribution in [0.15, 0.2) is 18.2 Å². The lowest BCUT2D eigenvalue weighted by atomic mass is 9.79. The molecule has 1 atom stereocenters. The summed E-state index contributed by atoms with van der Waals surface area (Å²) in [6.07, 6.45) is 3.84. The fourth-order valence-electron chi connectivity index (χ4n) is 4.36. The van der Waals surface area contributed by atoms with E-state index >= 15 is 0 Å². The van der Waals surface area contributed by atoms with Crippen molar-refractivity contribution in [2.75, 3.05) is 0 Å². The van der Waals surface area contributed by atoms with Gasteiger partial charge in [-0.15, -0.1) is 0 Å². The average Bonchev–Trinajstić information content (AvgIpc) is 2.87. The molecule has 0 saturated carbocycles. The highest BCUT2D eigenvalue weighted by atomic mass is 19.2. The number of carbonyl (C=O) groups excluding carboxylic acids is 2. The van der Waals surface area contributed by atoms with E-state index in [4.69, 9.17) is 0 Å². The van der Waals surface area contributed by atoms with Gasteiger partial charge < -0.3 is 9.88 Å². The van der Waals surface area contributed by atoms with E-state index in [-0.39, 0.29) is 16.9 Å². The summed E-state index contributed by atoms with van der Waals surface area (Å²) in [4.78, 5) is 31.1. The monoisotopic (exact) mass is 459 g/mol. The third-order valence-electron chi connectivity index (χ3n) is 5.93. The Morgan fingerprint density at radius 1 is 1.06 bits per heavy atom. The van der Waals surface area contributed by atoms with Gasteiger partial charge in [0.25, 0.3) is 5.91 Å². The van der Waals surface area contributed by atoms with Crippen molar-refractivity contribution in [1.29, 1.82) is 0 Å². The lowest BCUT2D eigenvalue weighted by Crippen LogP contribution is -2.50. The van der Waals surface area contributed by atoms with Crippen LogP contribution < -0.4 is 5.32 Å². The van der Waals surface area contributed by atoms with E-state index in [9.17, 15) is 18.4 Å². The van der Waals surface area contributed by atoms with Crippen LogP contribution in [0.2, 0.25) is 0 Å². The summed E-state index contributed by atoms with van der Waals surface area (Å²) in [7, 11) is 0. The molecule has 2 aromatic rings. The molecule has 180 valence electrons. The number of nitrogens with zero attached hydrogens (tertiary/aromatic N) is 2. The van der Waals surface area contributed by atoms with Crippen molar-refractivity contribution in [3.8, 4) is 11.4 Å². The van der Waals surface area contributed by atoms with E-state index in [1.54, 1.807) is 0 Å². The summed E-state index contributed by atoms with van der Waals surface area (Å²) in [5.74, 6) is -1.86. The molecule has 1 aliphatic heterocycles. The number of amides is 1. The van der Waals surface area contributed by atoms with Crippen LogP contribution in [0, 0.1) is 22.5 Å². The minimum absolute atomic E-state index is 0.0190. The van der Waals surface area contributed by atoms with E-state index < -0.39 is 29.0 Å². The molecular weight excluding hydrogens is 424 g/mol. The molecule has 33 heavy (non-hydrogen) atoms. The maximum Gasteiger partial charge on any atom is 0.272 e. The molecule has 0 bridgehead atoms. The number of benzene rings is 1. The van der Waals surface area contributed by atoms with Crippen molar-refractivity contribution in [1.82, 2.24) is 14.9 Å². The van der Waals surface area contributed by atoms with Gasteiger partial charge in [-0.2, -0.15) is 0 Å². The van der Waals surface area contributed by atoms with Gasteiger partial charge >= 0.3 is 0 Å². The number of carbonyl (C=O) groups is 2. The summed E-state index contributed by atoms with van der Waals surface area (Å²) in [5, 5.41) is 2.95. The fraction of sp³-hybridized carbons (Fsp3) is 0.577. The van der Waals surface area contributed by atoms with Crippen LogP contribution in [0.4, 0.5) is 8.78 Å². The molecule has 1 aliphatic rings. The van der Waals surface area contributed by atoms with Crippen molar-refractivity contribution in [3.63, 3.8) is 0 Å². The molecule has 0 aliphatic carbocycles. The van der Waals surface area contributed by atoms with Crippen LogP contribution >= 0.6 is 0 Å². The number of ketones is 1. The summed E-state index contributed by atoms with van der Waals surface area (Å²) in [6.45, 7) is 12.4. The number of nitrogens with one attached hydrogen (secondary N) is 1. The van der Waals surface area contributed by atoms with E-state index in [1.165, 1.54) is 6.07 Å². The molecule has 1 aromatic heterocycles. The van der Waals surface area contributed by atoms with Crippen molar-refractivity contribution < 1.29 is 18.4 Å². The fourth-order valence-corrected chi connectivity index (χ4v) is 4.36. The highest BCUT2D eigenvalue weighted by Gasteiger charge is 2.36. The van der Waals surface area contributed by atoms with E-state index in [1.807, 2.05) is 46.1 Å². The van der Waals surface area contributed by atoms with Gasteiger partial charge in [-0.1, -0.05) is 48.0 Å². The Bertz CT molecular complexity index is 1050. The third-order valence-corrected chi connectivity index (χ3v) is 5.93. The Hall–Kier alpha value is -2.57. The SMILES string of the molecule is CC(C)(C)CC(=O)[C@@H](NC(=O)c1nc(-c2ccc(F)c(F)c2)n2c1CCCCC2)C(C)(C)C. The quantitative estimate of drug-likeness (QED) is 0.623. The number of imidazole rings is 1. The second-order valence-corrected chi connectivity index (χ2v) is 11.3. The Kier molecular flexibility index (Phi) is 7.10. The molecule has 0 saturated heterocycles. The van der Waals surface area contributed by atoms with Crippen molar-refractivity contribution in [2.45, 2.75) is 86.2 Å². The average molecular weight is 460 g/mol. The number of halogens is 2. The normalized spacial score (nSPS) is 15.5. The third kappa shape index (κ3) is 5.87. The van der Waals surface area contributed by atoms with Crippen molar-refractivity contribution in [2.24, 2.45) is 10.8 Å². The second kappa shape index (κ2) is 9.35. The predicted molar refractivity (Wildman–Crippen MR) is 125 cm³/mol. The number of aromatic nitrogens is 2. The maximum atomic E-state index is 13.9. The van der Waals surface area contributed by atoms with Crippen LogP contribution in [-0.2, 0) is 17.8 Å². The van der Waals surface area contributed by atoms with Crippen LogP contribution in [-0.4, -0.2) is 27.3 Å². The molecule has 7 heteroatoms. The van der Waals surface area contributed by atoms with Gasteiger partial charge in [0, 0.05) is 18.5 Å². The molecular formula is C26H35F2N3O2. The molecule has 5 nitrogen and oxygen atoms in total. The van der Waals surface area contributed by atoms with Crippen molar-refractivity contribution in [3.05, 3.63) is 41.2 Å². The molecule has 1 amide bonds. The van der Waals surface area contributed by atoms with E-state index in [0.29, 0.717) is 30.8 Å². The van der Waals surface area contributed by atoms with Gasteiger partial charge in [0.05, 0.1) is 11.7 Å². The largest absolute Gasteiger partial charge is 0.340 e. The second-order valence-electron chi connectivity index (χ2n) is 11.3. The lowest BCUT2D eigenvalue weighted by Gasteiger charge is -2.32. The summed E-state index contributed by atoms with van der Waals surface area (Å²) in [5.41, 5.74) is 0.788. The molecule has 0 radical (unpaired) electrons. The zero-order valence-corrected chi connectivity index (χ0v) is 20.5. The molecule has 2 heterocycles. The molecule has 0 fully saturated rings. The highest BCUT2D eigenvalue weighted by molar-refractivity contribution is 5.98. The number of rotatable bonds is 5. The number of Topliss-reactive ketones (excluding diaryl/α,β-unsaturated/α-hetero) is 1. The first-order chi connectivity index (χ1) is 15.3. The molecule has 3 rings (SSSR count). The number of fused-ring (bicyclic) bond motifs is 1. The Balaban J connectivity index is 2.00. The van der Waals surface area contributed by atoms with Gasteiger partial charge in [-0.25, -0.2) is 13.8 Å². The maximum absolute atomic E-state index is 13.9. The van der Waals surface area contributed by atoms with Gasteiger partial charge in [-0.05, 0) is 48.3 Å². The topological polar surface area (TPSA) is 64.0 Å². The summed E-state index contributed by atoms with van der Waals surface area (Å²) in [6, 6.07) is 3.00. The highest BCUT2D eigenvalue weighted by Crippen LogP contribution is 2.30. The Labute approximate surface area is 195 Å². The number of hydrogen-bond donors (Lipinski definition) is 1. The summed E-state index contributed by atoms with van der Waals surface area (Å²) < 4.78 is 29.4. The van der Waals surface area contributed by atoms with Crippen LogP contribution in [0.5, 0.6) is 0 Å². The Morgan fingerprint density at radius 2 is 1.76 bits per heavy atom. The Morgan fingerprint density at radius 3 is 2.36 bits per heavy atom. The van der Waals surface area contributed by atoms with Crippen LogP contribution in [0.3, 0.4) is 0 Å².